The number of nitrogens with two attached hydrogens (primary N) is 2. The summed E-state index contributed by atoms with van der Waals surface area (Å²) in [4.78, 5) is 2.58. The minimum absolute atomic E-state index is 0.640. The number of hydrogen-bond donors (Lipinski definition) is 2. The summed E-state index contributed by atoms with van der Waals surface area (Å²) in [6.45, 7) is 0. The summed E-state index contributed by atoms with van der Waals surface area (Å²) >= 11 is 0. The maximum absolute atomic E-state index is 5.89. The maximum atomic E-state index is 5.89. The molecule has 4 N–H and O–H groups in total. The van der Waals surface area contributed by atoms with E-state index in [9.17, 15) is 0 Å². The Hall–Kier alpha value is -3.46. The highest BCUT2D eigenvalue weighted by Crippen LogP contribution is 2.17. The van der Waals surface area contributed by atoms with Gasteiger partial charge in [-0.2, -0.15) is 19.8 Å². The molecule has 22 heavy (non-hydrogen) atoms. The van der Waals surface area contributed by atoms with E-state index < -0.39 is 0 Å². The quantitative estimate of drug-likeness (QED) is 0.376. The SMILES string of the molecule is Nn1nc2ccccc2c1C#Cc1c2ccccc2nn1N. The van der Waals surface area contributed by atoms with Crippen molar-refractivity contribution in [1.82, 2.24) is 19.8 Å². The zero-order valence-electron chi connectivity index (χ0n) is 11.6. The minimum Gasteiger partial charge on any atom is -0.322 e. The Labute approximate surface area is 125 Å². The van der Waals surface area contributed by atoms with Crippen LogP contribution in [0.4, 0.5) is 0 Å². The lowest BCUT2D eigenvalue weighted by Gasteiger charge is -1.93. The molecular formula is C16H12N6. The molecule has 106 valence electrons. The van der Waals surface area contributed by atoms with Crippen molar-refractivity contribution in [2.45, 2.75) is 0 Å². The van der Waals surface area contributed by atoms with Crippen LogP contribution in [-0.2, 0) is 0 Å². The molecule has 2 heterocycles. The van der Waals surface area contributed by atoms with Gasteiger partial charge >= 0.3 is 0 Å². The lowest BCUT2D eigenvalue weighted by Crippen LogP contribution is -2.13. The van der Waals surface area contributed by atoms with Gasteiger partial charge in [0.15, 0.2) is 0 Å². The fourth-order valence-electron chi connectivity index (χ4n) is 2.47. The first-order chi connectivity index (χ1) is 10.7. The van der Waals surface area contributed by atoms with E-state index in [1.54, 1.807) is 0 Å². The van der Waals surface area contributed by atoms with Crippen molar-refractivity contribution in [2.24, 2.45) is 0 Å². The second-order valence-corrected chi connectivity index (χ2v) is 4.87. The molecule has 0 bridgehead atoms. The average Bonchev–Trinajstić information content (AvgIpc) is 3.01. The van der Waals surface area contributed by atoms with Crippen LogP contribution in [0.2, 0.25) is 0 Å². The molecule has 4 aromatic rings. The summed E-state index contributed by atoms with van der Waals surface area (Å²) in [5, 5.41) is 10.3. The monoisotopic (exact) mass is 288 g/mol. The van der Waals surface area contributed by atoms with Crippen LogP contribution in [-0.4, -0.2) is 19.8 Å². The molecule has 6 nitrogen and oxygen atoms in total. The van der Waals surface area contributed by atoms with E-state index in [0.29, 0.717) is 11.4 Å². The zero-order valence-corrected chi connectivity index (χ0v) is 11.6. The third-order valence-corrected chi connectivity index (χ3v) is 3.51. The smallest absolute Gasteiger partial charge is 0.142 e. The number of rotatable bonds is 0. The molecule has 0 atom stereocenters. The van der Waals surface area contributed by atoms with Crippen molar-refractivity contribution in [3.05, 3.63) is 59.9 Å². The number of aromatic nitrogens is 4. The largest absolute Gasteiger partial charge is 0.322 e. The van der Waals surface area contributed by atoms with Crippen molar-refractivity contribution in [3.8, 4) is 11.8 Å². The van der Waals surface area contributed by atoms with Gasteiger partial charge in [0, 0.05) is 10.8 Å². The number of benzene rings is 2. The molecule has 0 aliphatic rings. The Morgan fingerprint density at radius 2 is 1.09 bits per heavy atom. The molecule has 0 saturated heterocycles. The van der Waals surface area contributed by atoms with Crippen molar-refractivity contribution < 1.29 is 0 Å². The summed E-state index contributed by atoms with van der Waals surface area (Å²) in [5.74, 6) is 17.9. The summed E-state index contributed by atoms with van der Waals surface area (Å²) < 4.78 is 0. The van der Waals surface area contributed by atoms with Crippen molar-refractivity contribution >= 4 is 21.8 Å². The highest BCUT2D eigenvalue weighted by atomic mass is 15.5. The second-order valence-electron chi connectivity index (χ2n) is 4.87. The van der Waals surface area contributed by atoms with Crippen molar-refractivity contribution in [1.29, 1.82) is 0 Å². The molecule has 4 rings (SSSR count). The Balaban J connectivity index is 1.91. The Bertz CT molecular complexity index is 977. The van der Waals surface area contributed by atoms with Gasteiger partial charge < -0.3 is 11.7 Å². The topological polar surface area (TPSA) is 87.7 Å². The molecule has 0 radical (unpaired) electrons. The Morgan fingerprint density at radius 1 is 0.682 bits per heavy atom. The van der Waals surface area contributed by atoms with Crippen LogP contribution >= 0.6 is 0 Å². The van der Waals surface area contributed by atoms with Gasteiger partial charge in [-0.1, -0.05) is 24.3 Å². The lowest BCUT2D eigenvalue weighted by atomic mass is 10.2. The van der Waals surface area contributed by atoms with E-state index in [2.05, 4.69) is 22.0 Å². The zero-order chi connectivity index (χ0) is 15.1. The summed E-state index contributed by atoms with van der Waals surface area (Å²) in [6.07, 6.45) is 0. The molecule has 2 aromatic carbocycles. The first-order valence-electron chi connectivity index (χ1n) is 6.72. The van der Waals surface area contributed by atoms with Gasteiger partial charge in [-0.3, -0.25) is 0 Å². The fourth-order valence-corrected chi connectivity index (χ4v) is 2.47. The van der Waals surface area contributed by atoms with E-state index in [1.807, 2.05) is 48.5 Å². The highest BCUT2D eigenvalue weighted by Gasteiger charge is 2.08. The highest BCUT2D eigenvalue weighted by molar-refractivity contribution is 5.86. The van der Waals surface area contributed by atoms with Crippen LogP contribution in [0.1, 0.15) is 11.4 Å². The minimum atomic E-state index is 0.640. The van der Waals surface area contributed by atoms with Gasteiger partial charge in [0.1, 0.15) is 11.4 Å². The van der Waals surface area contributed by atoms with E-state index in [-0.39, 0.29) is 0 Å². The van der Waals surface area contributed by atoms with E-state index in [0.717, 1.165) is 21.8 Å². The normalized spacial score (nSPS) is 10.7. The van der Waals surface area contributed by atoms with Crippen molar-refractivity contribution in [3.63, 3.8) is 0 Å². The first-order valence-corrected chi connectivity index (χ1v) is 6.72. The van der Waals surface area contributed by atoms with Crippen LogP contribution in [0.5, 0.6) is 0 Å². The van der Waals surface area contributed by atoms with Gasteiger partial charge in [-0.15, -0.1) is 0 Å². The van der Waals surface area contributed by atoms with Crippen LogP contribution in [0.25, 0.3) is 21.8 Å². The van der Waals surface area contributed by atoms with Crippen LogP contribution in [0, 0.1) is 11.8 Å². The number of nitrogens with zero attached hydrogens (tertiary/aromatic N) is 4. The number of nitrogen functional groups attached to an aromatic ring is 2. The lowest BCUT2D eigenvalue weighted by molar-refractivity contribution is 0.830. The first kappa shape index (κ1) is 12.3. The molecule has 0 fully saturated rings. The molecule has 2 aromatic heterocycles. The van der Waals surface area contributed by atoms with Gasteiger partial charge in [-0.05, 0) is 36.1 Å². The third kappa shape index (κ3) is 1.77. The summed E-state index contributed by atoms with van der Waals surface area (Å²) in [6, 6.07) is 15.3. The molecule has 0 saturated carbocycles. The van der Waals surface area contributed by atoms with Gasteiger partial charge in [0.2, 0.25) is 0 Å². The maximum Gasteiger partial charge on any atom is 0.142 e. The predicted octanol–water partition coefficient (Wildman–Crippen LogP) is 1.21. The molecule has 6 heteroatoms. The van der Waals surface area contributed by atoms with E-state index in [1.165, 1.54) is 9.58 Å². The average molecular weight is 288 g/mol. The van der Waals surface area contributed by atoms with E-state index >= 15 is 0 Å². The fraction of sp³-hybridized carbons (Fsp3) is 0. The van der Waals surface area contributed by atoms with Gasteiger partial charge in [0.05, 0.1) is 11.0 Å². The molecule has 0 aliphatic carbocycles. The molecule has 0 amide bonds. The Morgan fingerprint density at radius 3 is 1.55 bits per heavy atom. The van der Waals surface area contributed by atoms with Crippen LogP contribution < -0.4 is 11.7 Å². The second kappa shape index (κ2) is 4.53. The van der Waals surface area contributed by atoms with Crippen LogP contribution in [0.3, 0.4) is 0 Å². The molecular weight excluding hydrogens is 276 g/mol. The summed E-state index contributed by atoms with van der Waals surface area (Å²) in [5.41, 5.74) is 2.89. The molecule has 0 aliphatic heterocycles. The number of hydrogen-bond acceptors (Lipinski definition) is 4. The van der Waals surface area contributed by atoms with Crippen LogP contribution in [0.15, 0.2) is 48.5 Å². The molecule has 0 unspecified atom stereocenters. The third-order valence-electron chi connectivity index (χ3n) is 3.51. The van der Waals surface area contributed by atoms with Gasteiger partial charge in [0.25, 0.3) is 0 Å². The Kier molecular flexibility index (Phi) is 2.53. The standard InChI is InChI=1S/C16H12N6/c17-21-15(11-5-1-3-7-13(11)19-21)9-10-16-12-6-2-4-8-14(12)20-22(16)18/h1-8H,17-18H2. The van der Waals surface area contributed by atoms with E-state index in [4.69, 9.17) is 11.7 Å². The predicted molar refractivity (Wildman–Crippen MR) is 85.7 cm³/mol. The van der Waals surface area contributed by atoms with Gasteiger partial charge in [-0.25, -0.2) is 0 Å². The number of fused-ring (bicyclic) bond motifs is 2. The summed E-state index contributed by atoms with van der Waals surface area (Å²) in [7, 11) is 0. The van der Waals surface area contributed by atoms with Crippen molar-refractivity contribution in [2.75, 3.05) is 11.7 Å². The molecule has 0 spiro atoms.